The first-order valence-corrected chi connectivity index (χ1v) is 3.71. The summed E-state index contributed by atoms with van der Waals surface area (Å²) in [6.07, 6.45) is 1.81. The van der Waals surface area contributed by atoms with Gasteiger partial charge in [-0.25, -0.2) is 0 Å². The normalized spacial score (nSPS) is 9.56. The highest BCUT2D eigenvalue weighted by Gasteiger charge is 1.87. The molecule has 0 atom stereocenters. The molecule has 2 N–H and O–H groups in total. The van der Waals surface area contributed by atoms with Crippen molar-refractivity contribution >= 4 is 22.6 Å². The van der Waals surface area contributed by atoms with Gasteiger partial charge in [0.05, 0.1) is 5.69 Å². The Hall–Kier alpha value is -0.160. The van der Waals surface area contributed by atoms with Crippen molar-refractivity contribution in [2.75, 3.05) is 0 Å². The lowest BCUT2D eigenvalue weighted by Gasteiger charge is -1.92. The summed E-state index contributed by atoms with van der Waals surface area (Å²) in [7, 11) is 0. The lowest BCUT2D eigenvalue weighted by Crippen LogP contribution is -1.98. The molecule has 1 heterocycles. The van der Waals surface area contributed by atoms with E-state index in [4.69, 9.17) is 5.73 Å². The van der Waals surface area contributed by atoms with Crippen LogP contribution >= 0.6 is 22.6 Å². The molecule has 0 fully saturated rings. The van der Waals surface area contributed by atoms with Crippen molar-refractivity contribution < 1.29 is 0 Å². The lowest BCUT2D eigenvalue weighted by molar-refractivity contribution is 0.987. The summed E-state index contributed by atoms with van der Waals surface area (Å²) in [6, 6.07) is 3.93. The number of halogens is 1. The fourth-order valence-corrected chi connectivity index (χ4v) is 0.846. The Morgan fingerprint density at radius 2 is 2.33 bits per heavy atom. The Bertz CT molecular complexity index is 183. The van der Waals surface area contributed by atoms with Crippen LogP contribution < -0.4 is 5.73 Å². The number of nitrogens with two attached hydrogens (primary N) is 1. The molecule has 0 saturated heterocycles. The van der Waals surface area contributed by atoms with Crippen LogP contribution in [0.2, 0.25) is 0 Å². The second kappa shape index (κ2) is 3.12. The Kier molecular flexibility index (Phi) is 2.41. The zero-order valence-corrected chi connectivity index (χ0v) is 7.00. The molecule has 0 spiro atoms. The summed E-state index contributed by atoms with van der Waals surface area (Å²) in [4.78, 5) is 4.06. The molecule has 48 valence electrons. The van der Waals surface area contributed by atoms with Gasteiger partial charge < -0.3 is 5.73 Å². The van der Waals surface area contributed by atoms with E-state index in [1.54, 1.807) is 0 Å². The van der Waals surface area contributed by atoms with Crippen LogP contribution in [0, 0.1) is 3.57 Å². The Morgan fingerprint density at radius 3 is 2.78 bits per heavy atom. The zero-order chi connectivity index (χ0) is 6.69. The first kappa shape index (κ1) is 6.95. The second-order valence-corrected chi connectivity index (χ2v) is 2.92. The van der Waals surface area contributed by atoms with Gasteiger partial charge in [0, 0.05) is 16.3 Å². The number of nitrogens with zero attached hydrogens (tertiary/aromatic N) is 1. The number of hydrogen-bond donors (Lipinski definition) is 1. The first-order chi connectivity index (χ1) is 4.33. The summed E-state index contributed by atoms with van der Waals surface area (Å²) in [5.41, 5.74) is 6.28. The van der Waals surface area contributed by atoms with Gasteiger partial charge in [0.25, 0.3) is 0 Å². The molecule has 9 heavy (non-hydrogen) atoms. The summed E-state index contributed by atoms with van der Waals surface area (Å²) < 4.78 is 1.14. The summed E-state index contributed by atoms with van der Waals surface area (Å²) >= 11 is 2.21. The first-order valence-electron chi connectivity index (χ1n) is 2.63. The minimum Gasteiger partial charge on any atom is -0.325 e. The maximum absolute atomic E-state index is 5.33. The minimum atomic E-state index is 0.525. The van der Waals surface area contributed by atoms with E-state index < -0.39 is 0 Å². The highest BCUT2D eigenvalue weighted by atomic mass is 127. The predicted octanol–water partition coefficient (Wildman–Crippen LogP) is 1.14. The van der Waals surface area contributed by atoms with Crippen LogP contribution in [-0.2, 0) is 6.54 Å². The fraction of sp³-hybridized carbons (Fsp3) is 0.167. The third-order valence-electron chi connectivity index (χ3n) is 0.998. The molecule has 1 aromatic rings. The SMILES string of the molecule is NCc1ccc(I)cn1. The third kappa shape index (κ3) is 1.91. The van der Waals surface area contributed by atoms with Crippen LogP contribution in [0.5, 0.6) is 0 Å². The molecular weight excluding hydrogens is 227 g/mol. The fourth-order valence-electron chi connectivity index (χ4n) is 0.527. The van der Waals surface area contributed by atoms with E-state index in [9.17, 15) is 0 Å². The molecule has 1 aromatic heterocycles. The highest BCUT2D eigenvalue weighted by molar-refractivity contribution is 14.1. The molecule has 3 heteroatoms. The van der Waals surface area contributed by atoms with Gasteiger partial charge in [-0.2, -0.15) is 0 Å². The second-order valence-electron chi connectivity index (χ2n) is 1.67. The van der Waals surface area contributed by atoms with Gasteiger partial charge in [-0.15, -0.1) is 0 Å². The van der Waals surface area contributed by atoms with Crippen molar-refractivity contribution in [3.8, 4) is 0 Å². The van der Waals surface area contributed by atoms with Gasteiger partial charge in [-0.1, -0.05) is 0 Å². The van der Waals surface area contributed by atoms with Crippen LogP contribution in [0.25, 0.3) is 0 Å². The number of pyridine rings is 1. The van der Waals surface area contributed by atoms with Gasteiger partial charge in [-0.3, -0.25) is 4.98 Å². The van der Waals surface area contributed by atoms with Crippen molar-refractivity contribution in [3.05, 3.63) is 27.6 Å². The molecule has 1 rings (SSSR count). The molecule has 0 radical (unpaired) electrons. The van der Waals surface area contributed by atoms with Crippen LogP contribution in [0.4, 0.5) is 0 Å². The number of aromatic nitrogens is 1. The predicted molar refractivity (Wildman–Crippen MR) is 44.8 cm³/mol. The topological polar surface area (TPSA) is 38.9 Å². The van der Waals surface area contributed by atoms with E-state index in [-0.39, 0.29) is 0 Å². The van der Waals surface area contributed by atoms with Gasteiger partial charge in [0.15, 0.2) is 0 Å². The molecule has 0 aliphatic rings. The summed E-state index contributed by atoms with van der Waals surface area (Å²) in [5.74, 6) is 0. The van der Waals surface area contributed by atoms with Crippen molar-refractivity contribution in [2.45, 2.75) is 6.54 Å². The molecule has 0 unspecified atom stereocenters. The lowest BCUT2D eigenvalue weighted by atomic mass is 10.4. The molecule has 0 bridgehead atoms. The standard InChI is InChI=1S/C6H7IN2/c7-5-1-2-6(3-8)9-4-5/h1-2,4H,3,8H2. The average Bonchev–Trinajstić information content (AvgIpc) is 1.90. The minimum absolute atomic E-state index is 0.525. The molecule has 0 aliphatic heterocycles. The molecule has 0 saturated carbocycles. The van der Waals surface area contributed by atoms with Crippen molar-refractivity contribution in [1.82, 2.24) is 4.98 Å². The molecule has 0 aliphatic carbocycles. The quantitative estimate of drug-likeness (QED) is 0.740. The van der Waals surface area contributed by atoms with E-state index in [1.165, 1.54) is 0 Å². The highest BCUT2D eigenvalue weighted by Crippen LogP contribution is 2.01. The zero-order valence-electron chi connectivity index (χ0n) is 4.84. The maximum atomic E-state index is 5.33. The largest absolute Gasteiger partial charge is 0.325 e. The van der Waals surface area contributed by atoms with Gasteiger partial charge in [-0.05, 0) is 34.7 Å². The van der Waals surface area contributed by atoms with Crippen LogP contribution in [0.1, 0.15) is 5.69 Å². The third-order valence-corrected chi connectivity index (χ3v) is 1.64. The Balaban J connectivity index is 2.88. The van der Waals surface area contributed by atoms with E-state index >= 15 is 0 Å². The van der Waals surface area contributed by atoms with E-state index in [2.05, 4.69) is 27.6 Å². The van der Waals surface area contributed by atoms with E-state index in [1.807, 2.05) is 18.3 Å². The molecule has 0 aromatic carbocycles. The molecular formula is C6H7IN2. The van der Waals surface area contributed by atoms with Gasteiger partial charge in [0.2, 0.25) is 0 Å². The monoisotopic (exact) mass is 234 g/mol. The molecule has 0 amide bonds. The van der Waals surface area contributed by atoms with Gasteiger partial charge in [0.1, 0.15) is 0 Å². The Labute approximate surface area is 67.6 Å². The summed E-state index contributed by atoms with van der Waals surface area (Å²) in [5, 5.41) is 0. The van der Waals surface area contributed by atoms with Crippen LogP contribution in [0.15, 0.2) is 18.3 Å². The van der Waals surface area contributed by atoms with Crippen molar-refractivity contribution in [1.29, 1.82) is 0 Å². The van der Waals surface area contributed by atoms with E-state index in [0.717, 1.165) is 9.26 Å². The maximum Gasteiger partial charge on any atom is 0.0540 e. The summed E-state index contributed by atoms with van der Waals surface area (Å²) in [6.45, 7) is 0.525. The number of rotatable bonds is 1. The molecule has 2 nitrogen and oxygen atoms in total. The van der Waals surface area contributed by atoms with Crippen molar-refractivity contribution in [2.24, 2.45) is 5.73 Å². The number of hydrogen-bond acceptors (Lipinski definition) is 2. The Morgan fingerprint density at radius 1 is 1.56 bits per heavy atom. The van der Waals surface area contributed by atoms with E-state index in [0.29, 0.717) is 6.54 Å². The van der Waals surface area contributed by atoms with Gasteiger partial charge >= 0.3 is 0 Å². The van der Waals surface area contributed by atoms with Crippen molar-refractivity contribution in [3.63, 3.8) is 0 Å². The average molecular weight is 234 g/mol. The van der Waals surface area contributed by atoms with Crippen LogP contribution in [-0.4, -0.2) is 4.98 Å². The van der Waals surface area contributed by atoms with Crippen LogP contribution in [0.3, 0.4) is 0 Å². The smallest absolute Gasteiger partial charge is 0.0540 e.